The second kappa shape index (κ2) is 7.66. The molecule has 6 nitrogen and oxygen atoms in total. The Balaban J connectivity index is 1.83. The number of carbonyl (C=O) groups excluding carboxylic acids is 1. The molecule has 0 saturated heterocycles. The van der Waals surface area contributed by atoms with Gasteiger partial charge in [0.2, 0.25) is 5.91 Å². The number of hydrogen-bond acceptors (Lipinski definition) is 5. The van der Waals surface area contributed by atoms with Crippen LogP contribution < -0.4 is 10.6 Å². The van der Waals surface area contributed by atoms with Crippen molar-refractivity contribution in [1.29, 1.82) is 0 Å². The first kappa shape index (κ1) is 14.5. The number of carbonyl (C=O) groups is 1. The van der Waals surface area contributed by atoms with Gasteiger partial charge in [0.15, 0.2) is 5.16 Å². The molecule has 3 N–H and O–H groups in total. The fourth-order valence-corrected chi connectivity index (χ4v) is 2.26. The van der Waals surface area contributed by atoms with Gasteiger partial charge in [-0.15, -0.1) is 0 Å². The highest BCUT2D eigenvalue weighted by Gasteiger charge is 2.03. The van der Waals surface area contributed by atoms with Crippen molar-refractivity contribution in [2.45, 2.75) is 23.4 Å². The van der Waals surface area contributed by atoms with Crippen LogP contribution in [0.3, 0.4) is 0 Å². The molecule has 0 atom stereocenters. The maximum absolute atomic E-state index is 11.6. The number of aromatic nitrogens is 3. The maximum Gasteiger partial charge on any atom is 0.225 e. The number of hydrogen-bond donors (Lipinski definition) is 3. The number of benzene rings is 1. The Kier molecular flexibility index (Phi) is 5.57. The summed E-state index contributed by atoms with van der Waals surface area (Å²) >= 11 is 1.49. The zero-order valence-electron chi connectivity index (χ0n) is 11.2. The number of nitrogens with zero attached hydrogens (tertiary/aromatic N) is 2. The normalized spacial score (nSPS) is 10.4. The molecule has 0 aliphatic carbocycles. The van der Waals surface area contributed by atoms with Gasteiger partial charge in [0, 0.05) is 23.5 Å². The standard InChI is InChI=1S/C13H17N5OS/c1-2-14-8-7-12(19)17-10-3-5-11(6-4-10)20-13-15-9-16-18-13/h3-6,9,14H,2,7-8H2,1H3,(H,17,19)(H,15,16,18). The summed E-state index contributed by atoms with van der Waals surface area (Å²) < 4.78 is 0. The zero-order chi connectivity index (χ0) is 14.2. The van der Waals surface area contributed by atoms with E-state index in [9.17, 15) is 4.79 Å². The van der Waals surface area contributed by atoms with Crippen LogP contribution >= 0.6 is 11.8 Å². The van der Waals surface area contributed by atoms with Crippen LogP contribution in [0, 0.1) is 0 Å². The predicted molar refractivity (Wildman–Crippen MR) is 78.7 cm³/mol. The van der Waals surface area contributed by atoms with Crippen molar-refractivity contribution in [2.24, 2.45) is 0 Å². The van der Waals surface area contributed by atoms with Crippen LogP contribution in [-0.2, 0) is 4.79 Å². The molecule has 20 heavy (non-hydrogen) atoms. The number of rotatable bonds is 7. The van der Waals surface area contributed by atoms with Crippen LogP contribution in [0.25, 0.3) is 0 Å². The van der Waals surface area contributed by atoms with Crippen LogP contribution in [0.4, 0.5) is 5.69 Å². The summed E-state index contributed by atoms with van der Waals surface area (Å²) in [7, 11) is 0. The second-order valence-corrected chi connectivity index (χ2v) is 5.13. The van der Waals surface area contributed by atoms with Crippen LogP contribution in [-0.4, -0.2) is 34.2 Å². The van der Waals surface area contributed by atoms with E-state index in [4.69, 9.17) is 0 Å². The van der Waals surface area contributed by atoms with Gasteiger partial charge in [-0.05, 0) is 30.8 Å². The Labute approximate surface area is 121 Å². The molecule has 1 aromatic carbocycles. The highest BCUT2D eigenvalue weighted by Crippen LogP contribution is 2.25. The monoisotopic (exact) mass is 291 g/mol. The predicted octanol–water partition coefficient (Wildman–Crippen LogP) is 1.89. The van der Waals surface area contributed by atoms with Crippen LogP contribution in [0.15, 0.2) is 40.6 Å². The topological polar surface area (TPSA) is 82.7 Å². The van der Waals surface area contributed by atoms with Crippen molar-refractivity contribution in [3.8, 4) is 0 Å². The number of aromatic amines is 1. The maximum atomic E-state index is 11.6. The van der Waals surface area contributed by atoms with E-state index in [0.29, 0.717) is 13.0 Å². The minimum Gasteiger partial charge on any atom is -0.326 e. The Bertz CT molecular complexity index is 526. The van der Waals surface area contributed by atoms with E-state index in [0.717, 1.165) is 22.3 Å². The summed E-state index contributed by atoms with van der Waals surface area (Å²) in [5, 5.41) is 13.3. The molecule has 0 saturated carbocycles. The Morgan fingerprint density at radius 2 is 2.15 bits per heavy atom. The fraction of sp³-hybridized carbons (Fsp3) is 0.308. The molecular formula is C13H17N5OS. The molecule has 0 unspecified atom stereocenters. The van der Waals surface area contributed by atoms with Crippen molar-refractivity contribution < 1.29 is 4.79 Å². The molecule has 7 heteroatoms. The molecule has 1 amide bonds. The molecule has 0 spiro atoms. The molecule has 0 radical (unpaired) electrons. The molecule has 1 aromatic heterocycles. The molecule has 0 aliphatic rings. The number of amides is 1. The zero-order valence-corrected chi connectivity index (χ0v) is 12.0. The lowest BCUT2D eigenvalue weighted by atomic mass is 10.3. The molecule has 106 valence electrons. The number of anilines is 1. The number of nitrogens with one attached hydrogen (secondary N) is 3. The fourth-order valence-electron chi connectivity index (χ4n) is 1.56. The quantitative estimate of drug-likeness (QED) is 0.679. The average Bonchev–Trinajstić information content (AvgIpc) is 2.94. The van der Waals surface area contributed by atoms with E-state index in [1.807, 2.05) is 31.2 Å². The van der Waals surface area contributed by atoms with Gasteiger partial charge in [-0.25, -0.2) is 4.98 Å². The van der Waals surface area contributed by atoms with Gasteiger partial charge in [0.05, 0.1) is 0 Å². The van der Waals surface area contributed by atoms with E-state index < -0.39 is 0 Å². The SMILES string of the molecule is CCNCCC(=O)Nc1ccc(Sc2ncn[nH]2)cc1. The third-order valence-corrected chi connectivity index (χ3v) is 3.42. The first-order chi connectivity index (χ1) is 9.78. The molecule has 1 heterocycles. The molecule has 0 bridgehead atoms. The van der Waals surface area contributed by atoms with E-state index in [2.05, 4.69) is 25.8 Å². The number of H-pyrrole nitrogens is 1. The minimum atomic E-state index is 0.0154. The molecule has 2 aromatic rings. The van der Waals surface area contributed by atoms with Crippen molar-refractivity contribution in [1.82, 2.24) is 20.5 Å². The second-order valence-electron chi connectivity index (χ2n) is 4.07. The summed E-state index contributed by atoms with van der Waals surface area (Å²) in [5.41, 5.74) is 0.799. The highest BCUT2D eigenvalue weighted by molar-refractivity contribution is 7.99. The van der Waals surface area contributed by atoms with Gasteiger partial charge in [0.1, 0.15) is 6.33 Å². The Morgan fingerprint density at radius 1 is 1.35 bits per heavy atom. The first-order valence-corrected chi connectivity index (χ1v) is 7.23. The average molecular weight is 291 g/mol. The van der Waals surface area contributed by atoms with Crippen molar-refractivity contribution >= 4 is 23.4 Å². The molecular weight excluding hydrogens is 274 g/mol. The Morgan fingerprint density at radius 3 is 2.80 bits per heavy atom. The first-order valence-electron chi connectivity index (χ1n) is 6.42. The van der Waals surface area contributed by atoms with Crippen LogP contribution in [0.1, 0.15) is 13.3 Å². The van der Waals surface area contributed by atoms with Gasteiger partial charge in [0.25, 0.3) is 0 Å². The van der Waals surface area contributed by atoms with Gasteiger partial charge in [-0.2, -0.15) is 5.10 Å². The van der Waals surface area contributed by atoms with E-state index >= 15 is 0 Å². The van der Waals surface area contributed by atoms with Crippen molar-refractivity contribution in [2.75, 3.05) is 18.4 Å². The highest BCUT2D eigenvalue weighted by atomic mass is 32.2. The van der Waals surface area contributed by atoms with E-state index in [1.165, 1.54) is 18.1 Å². The third kappa shape index (κ3) is 4.67. The summed E-state index contributed by atoms with van der Waals surface area (Å²) in [4.78, 5) is 16.7. The summed E-state index contributed by atoms with van der Waals surface area (Å²) in [6.45, 7) is 3.59. The van der Waals surface area contributed by atoms with Crippen LogP contribution in [0.5, 0.6) is 0 Å². The lowest BCUT2D eigenvalue weighted by Gasteiger charge is -2.06. The van der Waals surface area contributed by atoms with E-state index in [-0.39, 0.29) is 5.91 Å². The smallest absolute Gasteiger partial charge is 0.225 e. The molecule has 0 fully saturated rings. The minimum absolute atomic E-state index is 0.0154. The summed E-state index contributed by atoms with van der Waals surface area (Å²) in [6.07, 6.45) is 1.95. The summed E-state index contributed by atoms with van der Waals surface area (Å²) in [6, 6.07) is 7.63. The lowest BCUT2D eigenvalue weighted by Crippen LogP contribution is -2.21. The largest absolute Gasteiger partial charge is 0.326 e. The van der Waals surface area contributed by atoms with Crippen molar-refractivity contribution in [3.63, 3.8) is 0 Å². The van der Waals surface area contributed by atoms with Crippen LogP contribution in [0.2, 0.25) is 0 Å². The van der Waals surface area contributed by atoms with E-state index in [1.54, 1.807) is 0 Å². The summed E-state index contributed by atoms with van der Waals surface area (Å²) in [5.74, 6) is 0.0154. The Hall–Kier alpha value is -1.86. The van der Waals surface area contributed by atoms with Gasteiger partial charge in [-0.3, -0.25) is 9.89 Å². The van der Waals surface area contributed by atoms with Gasteiger partial charge in [-0.1, -0.05) is 18.7 Å². The third-order valence-electron chi connectivity index (χ3n) is 2.52. The lowest BCUT2D eigenvalue weighted by molar-refractivity contribution is -0.116. The van der Waals surface area contributed by atoms with Crippen molar-refractivity contribution in [3.05, 3.63) is 30.6 Å². The molecule has 2 rings (SSSR count). The van der Waals surface area contributed by atoms with Gasteiger partial charge >= 0.3 is 0 Å². The van der Waals surface area contributed by atoms with Gasteiger partial charge < -0.3 is 10.6 Å². The molecule has 0 aliphatic heterocycles.